The normalized spacial score (nSPS) is 15.6. The van der Waals surface area contributed by atoms with Gasteiger partial charge in [-0.15, -0.1) is 0 Å². The first-order valence-corrected chi connectivity index (χ1v) is 6.02. The van der Waals surface area contributed by atoms with Crippen molar-refractivity contribution in [1.29, 1.82) is 0 Å². The first-order chi connectivity index (χ1) is 8.72. The number of fused-ring (bicyclic) bond motifs is 1. The van der Waals surface area contributed by atoms with Crippen LogP contribution in [-0.4, -0.2) is 26.1 Å². The lowest BCUT2D eigenvalue weighted by Crippen LogP contribution is -2.33. The molecule has 1 aromatic carbocycles. The zero-order valence-corrected chi connectivity index (χ0v) is 10.1. The molecule has 0 atom stereocenters. The van der Waals surface area contributed by atoms with Crippen LogP contribution in [0.5, 0.6) is 5.75 Å². The molecule has 1 aromatic heterocycles. The van der Waals surface area contributed by atoms with Crippen molar-refractivity contribution in [1.82, 2.24) is 14.5 Å². The first-order valence-electron chi connectivity index (χ1n) is 6.02. The highest BCUT2D eigenvalue weighted by Crippen LogP contribution is 2.23. The number of aromatic hydroxyl groups is 1. The van der Waals surface area contributed by atoms with Gasteiger partial charge in [0, 0.05) is 43.3 Å². The number of benzene rings is 1. The Hall–Kier alpha value is -2.01. The maximum Gasteiger partial charge on any atom is 0.122 e. The fourth-order valence-electron chi connectivity index (χ4n) is 2.33. The molecule has 3 rings (SSSR count). The van der Waals surface area contributed by atoms with Gasteiger partial charge in [-0.05, 0) is 18.2 Å². The first kappa shape index (κ1) is 11.1. The van der Waals surface area contributed by atoms with Crippen LogP contribution in [-0.2, 0) is 19.6 Å². The molecule has 0 unspecified atom stereocenters. The third-order valence-electron chi connectivity index (χ3n) is 3.32. The summed E-state index contributed by atoms with van der Waals surface area (Å²) in [5, 5.41) is 9.82. The number of phenols is 1. The Bertz CT molecular complexity index is 564. The molecular weight excluding hydrogens is 228 g/mol. The highest BCUT2D eigenvalue weighted by molar-refractivity contribution is 5.47. The van der Waals surface area contributed by atoms with Gasteiger partial charge in [0.25, 0.3) is 0 Å². The van der Waals surface area contributed by atoms with Gasteiger partial charge in [0.05, 0.1) is 6.54 Å². The van der Waals surface area contributed by atoms with Gasteiger partial charge in [-0.3, -0.25) is 4.90 Å². The van der Waals surface area contributed by atoms with Gasteiger partial charge in [-0.2, -0.15) is 0 Å². The van der Waals surface area contributed by atoms with E-state index in [1.165, 1.54) is 0 Å². The van der Waals surface area contributed by atoms with Gasteiger partial charge < -0.3 is 15.4 Å². The minimum Gasteiger partial charge on any atom is -0.508 e. The van der Waals surface area contributed by atoms with E-state index in [1.807, 2.05) is 18.5 Å². The van der Waals surface area contributed by atoms with Gasteiger partial charge in [0.1, 0.15) is 11.6 Å². The SMILES string of the molecule is Nc1ccc(O)c(CN2CCn3ccnc3C2)c1. The molecule has 0 saturated heterocycles. The fraction of sp³-hybridized carbons (Fsp3) is 0.308. The van der Waals surface area contributed by atoms with Crippen molar-refractivity contribution >= 4 is 5.69 Å². The second-order valence-electron chi connectivity index (χ2n) is 4.64. The lowest BCUT2D eigenvalue weighted by molar-refractivity contribution is 0.206. The monoisotopic (exact) mass is 244 g/mol. The summed E-state index contributed by atoms with van der Waals surface area (Å²) in [6.45, 7) is 3.40. The molecule has 0 radical (unpaired) electrons. The quantitative estimate of drug-likeness (QED) is 0.615. The van der Waals surface area contributed by atoms with Crippen LogP contribution in [0.2, 0.25) is 0 Å². The summed E-state index contributed by atoms with van der Waals surface area (Å²) in [5.74, 6) is 1.38. The van der Waals surface area contributed by atoms with E-state index < -0.39 is 0 Å². The summed E-state index contributed by atoms with van der Waals surface area (Å²) in [7, 11) is 0. The van der Waals surface area contributed by atoms with Crippen LogP contribution in [0.3, 0.4) is 0 Å². The highest BCUT2D eigenvalue weighted by Gasteiger charge is 2.17. The number of hydrogen-bond donors (Lipinski definition) is 2. The summed E-state index contributed by atoms with van der Waals surface area (Å²) in [6, 6.07) is 5.19. The number of aromatic nitrogens is 2. The van der Waals surface area contributed by atoms with Crippen molar-refractivity contribution in [3.05, 3.63) is 42.0 Å². The Morgan fingerprint density at radius 1 is 1.33 bits per heavy atom. The van der Waals surface area contributed by atoms with Gasteiger partial charge >= 0.3 is 0 Å². The standard InChI is InChI=1S/C13H16N4O/c14-11-1-2-12(18)10(7-11)8-16-5-6-17-4-3-15-13(17)9-16/h1-4,7,18H,5-6,8-9,14H2. The number of hydrogen-bond acceptors (Lipinski definition) is 4. The molecule has 0 fully saturated rings. The Morgan fingerprint density at radius 3 is 3.11 bits per heavy atom. The molecule has 3 N–H and O–H groups in total. The van der Waals surface area contributed by atoms with E-state index in [0.717, 1.165) is 31.0 Å². The average Bonchev–Trinajstić information content (AvgIpc) is 2.81. The Morgan fingerprint density at radius 2 is 2.22 bits per heavy atom. The minimum absolute atomic E-state index is 0.304. The van der Waals surface area contributed by atoms with E-state index >= 15 is 0 Å². The molecule has 0 aliphatic carbocycles. The smallest absolute Gasteiger partial charge is 0.122 e. The molecule has 94 valence electrons. The average molecular weight is 244 g/mol. The molecule has 0 saturated carbocycles. The van der Waals surface area contributed by atoms with Crippen LogP contribution in [0.15, 0.2) is 30.6 Å². The van der Waals surface area contributed by atoms with Gasteiger partial charge in [-0.1, -0.05) is 0 Å². The van der Waals surface area contributed by atoms with E-state index in [9.17, 15) is 5.11 Å². The number of imidazole rings is 1. The van der Waals surface area contributed by atoms with E-state index in [2.05, 4.69) is 14.5 Å². The Balaban J connectivity index is 1.76. The summed E-state index contributed by atoms with van der Waals surface area (Å²) in [5.41, 5.74) is 7.30. The second kappa shape index (κ2) is 4.34. The molecule has 1 aliphatic rings. The van der Waals surface area contributed by atoms with Crippen LogP contribution < -0.4 is 5.73 Å². The number of nitrogen functional groups attached to an aromatic ring is 1. The van der Waals surface area contributed by atoms with Crippen molar-refractivity contribution in [3.8, 4) is 5.75 Å². The zero-order chi connectivity index (χ0) is 12.5. The second-order valence-corrected chi connectivity index (χ2v) is 4.64. The number of anilines is 1. The largest absolute Gasteiger partial charge is 0.508 e. The predicted octanol–water partition coefficient (Wildman–Crippen LogP) is 1.19. The predicted molar refractivity (Wildman–Crippen MR) is 68.9 cm³/mol. The van der Waals surface area contributed by atoms with Crippen molar-refractivity contribution < 1.29 is 5.11 Å². The molecule has 2 heterocycles. The minimum atomic E-state index is 0.304. The molecule has 0 spiro atoms. The van der Waals surface area contributed by atoms with Crippen molar-refractivity contribution in [2.75, 3.05) is 12.3 Å². The Kier molecular flexibility index (Phi) is 2.68. The zero-order valence-electron chi connectivity index (χ0n) is 10.1. The molecular formula is C13H16N4O. The van der Waals surface area contributed by atoms with Crippen LogP contribution >= 0.6 is 0 Å². The van der Waals surface area contributed by atoms with Crippen molar-refractivity contribution in [3.63, 3.8) is 0 Å². The Labute approximate surface area is 105 Å². The highest BCUT2D eigenvalue weighted by atomic mass is 16.3. The van der Waals surface area contributed by atoms with Crippen LogP contribution in [0.1, 0.15) is 11.4 Å². The summed E-state index contributed by atoms with van der Waals surface area (Å²) in [4.78, 5) is 6.58. The third-order valence-corrected chi connectivity index (χ3v) is 3.32. The van der Waals surface area contributed by atoms with Gasteiger partial charge in [-0.25, -0.2) is 4.98 Å². The van der Waals surface area contributed by atoms with Crippen molar-refractivity contribution in [2.45, 2.75) is 19.6 Å². The summed E-state index contributed by atoms with van der Waals surface area (Å²) >= 11 is 0. The van der Waals surface area contributed by atoms with E-state index in [4.69, 9.17) is 5.73 Å². The van der Waals surface area contributed by atoms with Crippen molar-refractivity contribution in [2.24, 2.45) is 0 Å². The van der Waals surface area contributed by atoms with Gasteiger partial charge in [0.2, 0.25) is 0 Å². The van der Waals surface area contributed by atoms with E-state index in [-0.39, 0.29) is 0 Å². The molecule has 2 aromatic rings. The maximum absolute atomic E-state index is 9.82. The van der Waals surface area contributed by atoms with Gasteiger partial charge in [0.15, 0.2) is 0 Å². The third kappa shape index (κ3) is 2.04. The molecule has 0 amide bonds. The fourth-order valence-corrected chi connectivity index (χ4v) is 2.33. The summed E-state index contributed by atoms with van der Waals surface area (Å²) < 4.78 is 2.16. The lowest BCUT2D eigenvalue weighted by atomic mass is 10.1. The molecule has 1 aliphatic heterocycles. The topological polar surface area (TPSA) is 67.3 Å². The molecule has 5 heteroatoms. The summed E-state index contributed by atoms with van der Waals surface area (Å²) in [6.07, 6.45) is 3.83. The molecule has 18 heavy (non-hydrogen) atoms. The maximum atomic E-state index is 9.82. The number of nitrogens with two attached hydrogens (primary N) is 1. The van der Waals surface area contributed by atoms with Crippen LogP contribution in [0.4, 0.5) is 5.69 Å². The number of nitrogens with zero attached hydrogens (tertiary/aromatic N) is 3. The number of rotatable bonds is 2. The lowest BCUT2D eigenvalue weighted by Gasteiger charge is -2.27. The molecule has 5 nitrogen and oxygen atoms in total. The van der Waals surface area contributed by atoms with Crippen LogP contribution in [0, 0.1) is 0 Å². The number of phenolic OH excluding ortho intramolecular Hbond substituents is 1. The molecule has 0 bridgehead atoms. The van der Waals surface area contributed by atoms with Crippen LogP contribution in [0.25, 0.3) is 0 Å². The van der Waals surface area contributed by atoms with E-state index in [1.54, 1.807) is 12.1 Å². The van der Waals surface area contributed by atoms with E-state index in [0.29, 0.717) is 18.0 Å².